The monoisotopic (exact) mass is 339 g/mol. The molecule has 0 bridgehead atoms. The van der Waals surface area contributed by atoms with Crippen molar-refractivity contribution in [2.24, 2.45) is 0 Å². The molecule has 1 amide bonds. The van der Waals surface area contributed by atoms with Crippen molar-refractivity contribution >= 4 is 63.3 Å². The minimum absolute atomic E-state index is 0. The van der Waals surface area contributed by atoms with Crippen molar-refractivity contribution < 1.29 is 14.7 Å². The Morgan fingerprint density at radius 1 is 0.864 bits per heavy atom. The van der Waals surface area contributed by atoms with Crippen LogP contribution in [0.5, 0.6) is 0 Å². The number of rotatable bonds is 14. The van der Waals surface area contributed by atoms with Gasteiger partial charge in [-0.05, 0) is 13.3 Å². The molecule has 0 fully saturated rings. The van der Waals surface area contributed by atoms with Crippen LogP contribution in [0.3, 0.4) is 0 Å². The predicted octanol–water partition coefficient (Wildman–Crippen LogP) is 3.63. The summed E-state index contributed by atoms with van der Waals surface area (Å²) in [7, 11) is 0. The Kier molecular flexibility index (Phi) is 20.2. The Morgan fingerprint density at radius 2 is 1.27 bits per heavy atom. The molecular weight excluding hydrogens is 305 g/mol. The van der Waals surface area contributed by atoms with Crippen LogP contribution in [0.4, 0.5) is 0 Å². The number of hydrogen-bond donors (Lipinski definition) is 2. The fourth-order valence-electron chi connectivity index (χ4n) is 2.33. The number of hydrogen-bond acceptors (Lipinski definition) is 2. The van der Waals surface area contributed by atoms with E-state index < -0.39 is 12.0 Å². The van der Waals surface area contributed by atoms with E-state index in [0.717, 1.165) is 12.8 Å². The molecule has 0 spiro atoms. The van der Waals surface area contributed by atoms with Crippen molar-refractivity contribution in [3.63, 3.8) is 0 Å². The maximum atomic E-state index is 11.4. The number of carbonyl (C=O) groups excluding carboxylic acids is 1. The van der Waals surface area contributed by atoms with Crippen molar-refractivity contribution in [1.29, 1.82) is 0 Å². The van der Waals surface area contributed by atoms with Gasteiger partial charge in [0.05, 0.1) is 0 Å². The number of carbonyl (C=O) groups is 2. The summed E-state index contributed by atoms with van der Waals surface area (Å²) in [5.41, 5.74) is 0. The summed E-state index contributed by atoms with van der Waals surface area (Å²) < 4.78 is 0. The number of carboxylic acid groups (broad SMARTS) is 1. The molecule has 0 saturated carbocycles. The van der Waals surface area contributed by atoms with Gasteiger partial charge in [0.1, 0.15) is 6.04 Å². The van der Waals surface area contributed by atoms with Gasteiger partial charge in [0.15, 0.2) is 0 Å². The van der Waals surface area contributed by atoms with Crippen LogP contribution >= 0.6 is 0 Å². The van der Waals surface area contributed by atoms with Crippen LogP contribution in [0, 0.1) is 0 Å². The first-order chi connectivity index (χ1) is 10.1. The van der Waals surface area contributed by atoms with E-state index in [-0.39, 0.29) is 57.3 Å². The first-order valence-corrected chi connectivity index (χ1v) is 8.60. The van der Waals surface area contributed by atoms with E-state index >= 15 is 0 Å². The van der Waals surface area contributed by atoms with Gasteiger partial charge < -0.3 is 10.4 Å². The van der Waals surface area contributed by atoms with Crippen LogP contribution < -0.4 is 5.32 Å². The summed E-state index contributed by atoms with van der Waals surface area (Å²) in [6.45, 7) is 3.73. The zero-order valence-corrected chi connectivity index (χ0v) is 13.8. The Balaban J connectivity index is 0. The van der Waals surface area contributed by atoms with E-state index in [1.165, 1.54) is 64.7 Å². The first-order valence-electron chi connectivity index (χ1n) is 8.60. The van der Waals surface area contributed by atoms with Gasteiger partial charge in [0.25, 0.3) is 0 Å². The number of carboxylic acids is 1. The van der Waals surface area contributed by atoms with Crippen molar-refractivity contribution in [2.75, 3.05) is 0 Å². The van der Waals surface area contributed by atoms with Crippen LogP contribution in [-0.4, -0.2) is 74.4 Å². The van der Waals surface area contributed by atoms with Gasteiger partial charge in [-0.2, -0.15) is 0 Å². The molecule has 0 rings (SSSR count). The van der Waals surface area contributed by atoms with Gasteiger partial charge >= 0.3 is 57.4 Å². The molecule has 5 heteroatoms. The molecule has 0 aliphatic carbocycles. The Hall–Kier alpha value is 0.576. The molecule has 0 heterocycles. The molecule has 0 aliphatic heterocycles. The van der Waals surface area contributed by atoms with Gasteiger partial charge in [0, 0.05) is 6.42 Å². The summed E-state index contributed by atoms with van der Waals surface area (Å²) >= 11 is 0. The molecule has 22 heavy (non-hydrogen) atoms. The SMILES string of the molecule is CCCCCCCCCCCCCC(=O)N[C@@H](C)C(=O)O.[KH]. The van der Waals surface area contributed by atoms with Crippen LogP contribution in [0.15, 0.2) is 0 Å². The molecule has 0 unspecified atom stereocenters. The molecular formula is C17H34KNO3. The quantitative estimate of drug-likeness (QED) is 0.375. The van der Waals surface area contributed by atoms with Gasteiger partial charge in [-0.15, -0.1) is 0 Å². The molecule has 0 saturated heterocycles. The van der Waals surface area contributed by atoms with Gasteiger partial charge in [0.2, 0.25) is 5.91 Å². The van der Waals surface area contributed by atoms with Crippen LogP contribution in [0.1, 0.15) is 90.9 Å². The Labute approximate surface area is 178 Å². The van der Waals surface area contributed by atoms with Gasteiger partial charge in [-0.1, -0.05) is 71.1 Å². The second kappa shape index (κ2) is 17.9. The topological polar surface area (TPSA) is 66.4 Å². The third-order valence-electron chi connectivity index (χ3n) is 3.76. The molecule has 0 aromatic carbocycles. The number of unbranched alkanes of at least 4 members (excludes halogenated alkanes) is 10. The Bertz CT molecular complexity index is 285. The zero-order valence-electron chi connectivity index (χ0n) is 13.8. The molecule has 0 aromatic heterocycles. The third-order valence-corrected chi connectivity index (χ3v) is 3.76. The van der Waals surface area contributed by atoms with Crippen molar-refractivity contribution in [3.8, 4) is 0 Å². The molecule has 126 valence electrons. The fraction of sp³-hybridized carbons (Fsp3) is 0.882. The van der Waals surface area contributed by atoms with E-state index in [1.807, 2.05) is 0 Å². The van der Waals surface area contributed by atoms with E-state index in [4.69, 9.17) is 5.11 Å². The number of aliphatic carboxylic acids is 1. The predicted molar refractivity (Wildman–Crippen MR) is 93.5 cm³/mol. The summed E-state index contributed by atoms with van der Waals surface area (Å²) in [5.74, 6) is -1.14. The second-order valence-corrected chi connectivity index (χ2v) is 5.91. The summed E-state index contributed by atoms with van der Waals surface area (Å²) in [4.78, 5) is 22.0. The molecule has 4 nitrogen and oxygen atoms in total. The van der Waals surface area contributed by atoms with Crippen molar-refractivity contribution in [2.45, 2.75) is 96.9 Å². The van der Waals surface area contributed by atoms with E-state index in [9.17, 15) is 9.59 Å². The molecule has 0 radical (unpaired) electrons. The zero-order chi connectivity index (χ0) is 15.9. The minimum atomic E-state index is -0.984. The van der Waals surface area contributed by atoms with Gasteiger partial charge in [-0.3, -0.25) is 9.59 Å². The first kappa shape index (κ1) is 24.8. The summed E-state index contributed by atoms with van der Waals surface area (Å²) in [6.07, 6.45) is 14.2. The van der Waals surface area contributed by atoms with Gasteiger partial charge in [-0.25, -0.2) is 0 Å². The molecule has 2 N–H and O–H groups in total. The average Bonchev–Trinajstić information content (AvgIpc) is 2.44. The average molecular weight is 340 g/mol. The van der Waals surface area contributed by atoms with E-state index in [1.54, 1.807) is 0 Å². The summed E-state index contributed by atoms with van der Waals surface area (Å²) in [6, 6.07) is -0.787. The standard InChI is InChI=1S/C17H33NO3.K.H/c1-3-4-5-6-7-8-9-10-11-12-13-14-16(19)18-15(2)17(20)21;;/h15H,3-14H2,1-2H3,(H,18,19)(H,20,21);;/t15-;;/m0../s1. The molecule has 0 aliphatic rings. The van der Waals surface area contributed by atoms with Crippen molar-refractivity contribution in [1.82, 2.24) is 5.32 Å². The normalized spacial score (nSPS) is 11.5. The fourth-order valence-corrected chi connectivity index (χ4v) is 2.33. The molecule has 0 aromatic rings. The Morgan fingerprint density at radius 3 is 1.68 bits per heavy atom. The van der Waals surface area contributed by atoms with Crippen molar-refractivity contribution in [3.05, 3.63) is 0 Å². The number of amides is 1. The third kappa shape index (κ3) is 16.9. The van der Waals surface area contributed by atoms with Crippen LogP contribution in [0.25, 0.3) is 0 Å². The van der Waals surface area contributed by atoms with Crippen LogP contribution in [-0.2, 0) is 9.59 Å². The summed E-state index contributed by atoms with van der Waals surface area (Å²) in [5, 5.41) is 11.2. The molecule has 1 atom stereocenters. The van der Waals surface area contributed by atoms with E-state index in [0.29, 0.717) is 6.42 Å². The van der Waals surface area contributed by atoms with Crippen LogP contribution in [0.2, 0.25) is 0 Å². The van der Waals surface area contributed by atoms with E-state index in [2.05, 4.69) is 12.2 Å². The second-order valence-electron chi connectivity index (χ2n) is 5.91. The number of nitrogens with one attached hydrogen (secondary N) is 1. The maximum absolute atomic E-state index is 11.4.